The number of likely N-dealkylation sites (N-methyl/N-ethyl adjacent to an activating group) is 1. The van der Waals surface area contributed by atoms with Crippen LogP contribution in [0.5, 0.6) is 0 Å². The molecule has 2 aliphatic rings. The number of rotatable bonds is 4. The number of likely N-dealkylation sites (tertiary alicyclic amines) is 1. The molecule has 0 aliphatic carbocycles. The van der Waals surface area contributed by atoms with Crippen LogP contribution in [-0.4, -0.2) is 78.6 Å². The Morgan fingerprint density at radius 2 is 1.80 bits per heavy atom. The Bertz CT molecular complexity index is 536. The lowest BCUT2D eigenvalue weighted by molar-refractivity contribution is 0.110. The van der Waals surface area contributed by atoms with Crippen molar-refractivity contribution < 1.29 is 4.79 Å². The molecule has 1 aromatic rings. The summed E-state index contributed by atoms with van der Waals surface area (Å²) in [5, 5.41) is 3.11. The first-order chi connectivity index (χ1) is 12.1. The Hall–Kier alpha value is -1.66. The smallest absolute Gasteiger partial charge is 0.317 e. The van der Waals surface area contributed by atoms with Crippen LogP contribution < -0.4 is 5.32 Å². The quantitative estimate of drug-likeness (QED) is 0.904. The van der Waals surface area contributed by atoms with Crippen LogP contribution >= 0.6 is 0 Å². The Kier molecular flexibility index (Phi) is 6.26. The number of carbonyl (C=O) groups is 1. The summed E-state index contributed by atoms with van der Waals surface area (Å²) in [5.74, 6) is 0.727. The number of aromatic nitrogens is 1. The highest BCUT2D eigenvalue weighted by Gasteiger charge is 2.26. The zero-order valence-electron chi connectivity index (χ0n) is 15.5. The molecule has 138 valence electrons. The van der Waals surface area contributed by atoms with Crippen molar-refractivity contribution in [3.63, 3.8) is 0 Å². The molecule has 25 heavy (non-hydrogen) atoms. The van der Waals surface area contributed by atoms with Gasteiger partial charge in [0.15, 0.2) is 0 Å². The zero-order chi connectivity index (χ0) is 17.6. The number of hydrogen-bond donors (Lipinski definition) is 1. The highest BCUT2D eigenvalue weighted by atomic mass is 16.2. The second kappa shape index (κ2) is 8.63. The number of amides is 2. The van der Waals surface area contributed by atoms with E-state index in [2.05, 4.69) is 27.1 Å². The number of carbonyl (C=O) groups excluding carboxylic acids is 1. The largest absolute Gasteiger partial charge is 0.331 e. The van der Waals surface area contributed by atoms with Crippen LogP contribution in [0.4, 0.5) is 4.79 Å². The molecule has 1 aromatic heterocycles. The Morgan fingerprint density at radius 1 is 1.16 bits per heavy atom. The molecule has 0 aromatic carbocycles. The second-order valence-corrected chi connectivity index (χ2v) is 7.49. The minimum absolute atomic E-state index is 0.0126. The fourth-order valence-electron chi connectivity index (χ4n) is 3.73. The first kappa shape index (κ1) is 18.1. The monoisotopic (exact) mass is 345 g/mol. The fourth-order valence-corrected chi connectivity index (χ4v) is 3.73. The molecule has 3 rings (SSSR count). The molecule has 0 spiro atoms. The molecule has 2 aliphatic heterocycles. The van der Waals surface area contributed by atoms with Crippen LogP contribution in [-0.2, 0) is 0 Å². The molecular formula is C19H31N5O. The van der Waals surface area contributed by atoms with Crippen LogP contribution in [0, 0.1) is 5.92 Å². The molecular weight excluding hydrogens is 314 g/mol. The average molecular weight is 345 g/mol. The zero-order valence-corrected chi connectivity index (χ0v) is 15.5. The van der Waals surface area contributed by atoms with Gasteiger partial charge in [-0.1, -0.05) is 0 Å². The van der Waals surface area contributed by atoms with E-state index >= 15 is 0 Å². The van der Waals surface area contributed by atoms with Crippen LogP contribution in [0.25, 0.3) is 0 Å². The Balaban J connectivity index is 1.40. The third kappa shape index (κ3) is 5.16. The summed E-state index contributed by atoms with van der Waals surface area (Å²) in [6, 6.07) is 3.97. The first-order valence-electron chi connectivity index (χ1n) is 9.48. The number of nitrogens with zero attached hydrogens (tertiary/aromatic N) is 4. The predicted molar refractivity (Wildman–Crippen MR) is 99.4 cm³/mol. The number of urea groups is 1. The van der Waals surface area contributed by atoms with Gasteiger partial charge in [0.25, 0.3) is 0 Å². The molecule has 2 amide bonds. The van der Waals surface area contributed by atoms with Gasteiger partial charge in [0, 0.05) is 58.2 Å². The number of piperazine rings is 1. The van der Waals surface area contributed by atoms with Gasteiger partial charge in [-0.15, -0.1) is 0 Å². The molecule has 2 saturated heterocycles. The van der Waals surface area contributed by atoms with Gasteiger partial charge in [0.1, 0.15) is 0 Å². The maximum atomic E-state index is 12.5. The minimum atomic E-state index is 0.0126. The lowest BCUT2D eigenvalue weighted by atomic mass is 9.96. The molecule has 2 fully saturated rings. The van der Waals surface area contributed by atoms with E-state index in [4.69, 9.17) is 0 Å². The van der Waals surface area contributed by atoms with Gasteiger partial charge in [-0.05, 0) is 50.4 Å². The Labute approximate surface area is 151 Å². The first-order valence-corrected chi connectivity index (χ1v) is 9.48. The highest BCUT2D eigenvalue weighted by Crippen LogP contribution is 2.20. The van der Waals surface area contributed by atoms with Gasteiger partial charge in [-0.2, -0.15) is 0 Å². The van der Waals surface area contributed by atoms with Crippen molar-refractivity contribution in [3.05, 3.63) is 30.1 Å². The van der Waals surface area contributed by atoms with Gasteiger partial charge in [0.2, 0.25) is 0 Å². The summed E-state index contributed by atoms with van der Waals surface area (Å²) in [4.78, 5) is 23.5. The van der Waals surface area contributed by atoms with Gasteiger partial charge in [-0.25, -0.2) is 4.79 Å². The van der Waals surface area contributed by atoms with Gasteiger partial charge >= 0.3 is 6.03 Å². The molecule has 3 heterocycles. The predicted octanol–water partition coefficient (Wildman–Crippen LogP) is 1.81. The Morgan fingerprint density at radius 3 is 2.44 bits per heavy atom. The minimum Gasteiger partial charge on any atom is -0.331 e. The second-order valence-electron chi connectivity index (χ2n) is 7.49. The molecule has 0 saturated carbocycles. The van der Waals surface area contributed by atoms with Crippen molar-refractivity contribution in [3.8, 4) is 0 Å². The third-order valence-corrected chi connectivity index (χ3v) is 5.56. The van der Waals surface area contributed by atoms with Crippen molar-refractivity contribution in [2.75, 3.05) is 52.9 Å². The van der Waals surface area contributed by atoms with E-state index in [0.717, 1.165) is 37.4 Å². The van der Waals surface area contributed by atoms with Crippen molar-refractivity contribution in [2.45, 2.75) is 25.8 Å². The number of nitrogens with one attached hydrogen (secondary N) is 1. The van der Waals surface area contributed by atoms with Crippen molar-refractivity contribution in [2.24, 2.45) is 5.92 Å². The van der Waals surface area contributed by atoms with Crippen molar-refractivity contribution >= 4 is 6.03 Å². The fraction of sp³-hybridized carbons (Fsp3) is 0.684. The summed E-state index contributed by atoms with van der Waals surface area (Å²) in [6.45, 7) is 9.66. The van der Waals surface area contributed by atoms with Gasteiger partial charge in [-0.3, -0.25) is 4.98 Å². The molecule has 6 heteroatoms. The lowest BCUT2D eigenvalue weighted by Gasteiger charge is -2.38. The third-order valence-electron chi connectivity index (χ3n) is 5.56. The van der Waals surface area contributed by atoms with E-state index in [1.165, 1.54) is 32.7 Å². The number of piperidine rings is 1. The molecule has 1 atom stereocenters. The standard InChI is InChI=1S/C19H31N5O/c1-16(18-3-7-20-8-4-18)21-19(25)24-9-5-17(6-10-24)15-23-13-11-22(2)12-14-23/h3-4,7-8,16-17H,5-6,9-15H2,1-2H3,(H,21,25)/t16-/m1/s1. The van der Waals surface area contributed by atoms with E-state index in [9.17, 15) is 4.79 Å². The van der Waals surface area contributed by atoms with Crippen molar-refractivity contribution in [1.29, 1.82) is 0 Å². The van der Waals surface area contributed by atoms with E-state index in [1.807, 2.05) is 24.0 Å². The van der Waals surface area contributed by atoms with Crippen LogP contribution in [0.1, 0.15) is 31.4 Å². The maximum Gasteiger partial charge on any atom is 0.317 e. The topological polar surface area (TPSA) is 51.7 Å². The van der Waals surface area contributed by atoms with Gasteiger partial charge in [0.05, 0.1) is 6.04 Å². The number of pyridine rings is 1. The molecule has 1 N–H and O–H groups in total. The van der Waals surface area contributed by atoms with E-state index < -0.39 is 0 Å². The van der Waals surface area contributed by atoms with Gasteiger partial charge < -0.3 is 20.0 Å². The summed E-state index contributed by atoms with van der Waals surface area (Å²) < 4.78 is 0. The lowest BCUT2D eigenvalue weighted by Crippen LogP contribution is -2.49. The molecule has 0 bridgehead atoms. The highest BCUT2D eigenvalue weighted by molar-refractivity contribution is 5.74. The summed E-state index contributed by atoms with van der Waals surface area (Å²) >= 11 is 0. The van der Waals surface area contributed by atoms with Crippen LogP contribution in [0.15, 0.2) is 24.5 Å². The van der Waals surface area contributed by atoms with E-state index in [-0.39, 0.29) is 12.1 Å². The maximum absolute atomic E-state index is 12.5. The number of hydrogen-bond acceptors (Lipinski definition) is 4. The SMILES string of the molecule is C[C@@H](NC(=O)N1CCC(CN2CCN(C)CC2)CC1)c1ccncc1. The van der Waals surface area contributed by atoms with Crippen LogP contribution in [0.3, 0.4) is 0 Å². The van der Waals surface area contributed by atoms with E-state index in [0.29, 0.717) is 0 Å². The van der Waals surface area contributed by atoms with E-state index in [1.54, 1.807) is 12.4 Å². The molecule has 0 radical (unpaired) electrons. The van der Waals surface area contributed by atoms with Crippen LogP contribution in [0.2, 0.25) is 0 Å². The summed E-state index contributed by atoms with van der Waals surface area (Å²) in [5.41, 5.74) is 1.09. The molecule has 0 unspecified atom stereocenters. The van der Waals surface area contributed by atoms with Crippen molar-refractivity contribution in [1.82, 2.24) is 25.0 Å². The summed E-state index contributed by atoms with van der Waals surface area (Å²) in [6.07, 6.45) is 5.76. The normalized spacial score (nSPS) is 21.9. The summed E-state index contributed by atoms with van der Waals surface area (Å²) in [7, 11) is 2.20. The average Bonchev–Trinajstić information content (AvgIpc) is 2.65. The molecule has 6 nitrogen and oxygen atoms in total.